The lowest BCUT2D eigenvalue weighted by Crippen LogP contribution is -2.37. The molecule has 1 amide bonds. The summed E-state index contributed by atoms with van der Waals surface area (Å²) in [5, 5.41) is 6.27. The smallest absolute Gasteiger partial charge is 0.255 e. The van der Waals surface area contributed by atoms with Gasteiger partial charge >= 0.3 is 0 Å². The lowest BCUT2D eigenvalue weighted by atomic mass is 9.72. The zero-order valence-electron chi connectivity index (χ0n) is 19.6. The monoisotopic (exact) mass is 447 g/mol. The highest BCUT2D eigenvalue weighted by atomic mass is 16.5. The summed E-state index contributed by atoms with van der Waals surface area (Å²) in [5.74, 6) is 1.05. The van der Waals surface area contributed by atoms with Crippen LogP contribution in [0, 0.1) is 12.8 Å². The van der Waals surface area contributed by atoms with E-state index in [1.165, 1.54) is 0 Å². The van der Waals surface area contributed by atoms with E-state index in [2.05, 4.69) is 22.5 Å². The van der Waals surface area contributed by atoms with E-state index in [0.29, 0.717) is 40.6 Å². The Morgan fingerprint density at radius 2 is 1.91 bits per heavy atom. The van der Waals surface area contributed by atoms with Crippen molar-refractivity contribution in [3.8, 4) is 11.5 Å². The Hall–Kier alpha value is -3.61. The lowest BCUT2D eigenvalue weighted by Gasteiger charge is -2.36. The van der Waals surface area contributed by atoms with Crippen molar-refractivity contribution < 1.29 is 19.1 Å². The van der Waals surface area contributed by atoms with Gasteiger partial charge in [-0.3, -0.25) is 9.59 Å². The Balaban J connectivity index is 1.87. The molecule has 33 heavy (non-hydrogen) atoms. The number of benzene rings is 1. The summed E-state index contributed by atoms with van der Waals surface area (Å²) in [4.78, 5) is 31.3. The quantitative estimate of drug-likeness (QED) is 0.712. The van der Waals surface area contributed by atoms with Crippen molar-refractivity contribution in [2.75, 3.05) is 19.5 Å². The summed E-state index contributed by atoms with van der Waals surface area (Å²) in [6.07, 6.45) is 1.19. The van der Waals surface area contributed by atoms with Gasteiger partial charge in [-0.25, -0.2) is 4.98 Å². The Kier molecular flexibility index (Phi) is 6.22. The fraction of sp³-hybridized carbons (Fsp3) is 0.346. The molecule has 7 nitrogen and oxygen atoms in total. The van der Waals surface area contributed by atoms with Crippen molar-refractivity contribution in [3.63, 3.8) is 0 Å². The minimum absolute atomic E-state index is 0.0394. The molecule has 1 aliphatic heterocycles. The number of amides is 1. The maximum atomic E-state index is 13.6. The maximum absolute atomic E-state index is 13.6. The number of nitrogens with zero attached hydrogens (tertiary/aromatic N) is 1. The van der Waals surface area contributed by atoms with Gasteiger partial charge in [0.05, 0.1) is 20.1 Å². The van der Waals surface area contributed by atoms with Crippen molar-refractivity contribution in [1.82, 2.24) is 10.3 Å². The number of methoxy groups -OCH3 is 2. The molecule has 2 aromatic rings. The number of ether oxygens (including phenoxy) is 2. The third-order valence-corrected chi connectivity index (χ3v) is 6.15. The summed E-state index contributed by atoms with van der Waals surface area (Å²) in [5.41, 5.74) is 4.18. The van der Waals surface area contributed by atoms with E-state index < -0.39 is 5.92 Å². The zero-order chi connectivity index (χ0) is 23.7. The van der Waals surface area contributed by atoms with Crippen molar-refractivity contribution in [1.29, 1.82) is 0 Å². The van der Waals surface area contributed by atoms with Crippen LogP contribution in [0.15, 0.2) is 58.9 Å². The number of carbonyl (C=O) groups excluding carboxylic acids is 2. The van der Waals surface area contributed by atoms with Gasteiger partial charge in [0.15, 0.2) is 5.78 Å². The average molecular weight is 448 g/mol. The van der Waals surface area contributed by atoms with Crippen molar-refractivity contribution >= 4 is 17.5 Å². The van der Waals surface area contributed by atoms with Crippen molar-refractivity contribution in [3.05, 3.63) is 70.2 Å². The fourth-order valence-electron chi connectivity index (χ4n) is 4.71. The van der Waals surface area contributed by atoms with Gasteiger partial charge < -0.3 is 20.1 Å². The second-order valence-electron chi connectivity index (χ2n) is 8.65. The van der Waals surface area contributed by atoms with Crippen LogP contribution in [-0.2, 0) is 9.59 Å². The van der Waals surface area contributed by atoms with E-state index in [1.807, 2.05) is 32.0 Å². The first-order valence-electron chi connectivity index (χ1n) is 11.0. The predicted octanol–water partition coefficient (Wildman–Crippen LogP) is 4.26. The third kappa shape index (κ3) is 4.35. The van der Waals surface area contributed by atoms with Crippen LogP contribution in [-0.4, -0.2) is 30.9 Å². The number of pyridine rings is 1. The molecule has 0 saturated carbocycles. The van der Waals surface area contributed by atoms with Gasteiger partial charge in [-0.1, -0.05) is 13.0 Å². The molecule has 0 unspecified atom stereocenters. The topological polar surface area (TPSA) is 89.6 Å². The number of carbonyl (C=O) groups is 2. The molecular formula is C26H29N3O4. The minimum Gasteiger partial charge on any atom is -0.497 e. The van der Waals surface area contributed by atoms with E-state index in [1.54, 1.807) is 32.4 Å². The van der Waals surface area contributed by atoms with Crippen molar-refractivity contribution in [2.24, 2.45) is 5.92 Å². The standard InChI is InChI=1S/C26H29N3O4/c1-14-11-19-25(20(30)12-14)24(18-13-17(32-4)9-10-21(18)33-5)23(16(3)28-19)26(31)29-22-8-6-7-15(2)27-22/h6-10,13-14,24,28H,11-12H2,1-5H3,(H,27,29,31)/t14-,24-/m1/s1. The van der Waals surface area contributed by atoms with Crippen LogP contribution < -0.4 is 20.1 Å². The van der Waals surface area contributed by atoms with Crippen LogP contribution in [0.1, 0.15) is 43.9 Å². The summed E-state index contributed by atoms with van der Waals surface area (Å²) in [6, 6.07) is 10.9. The van der Waals surface area contributed by atoms with E-state index in [4.69, 9.17) is 9.47 Å². The van der Waals surface area contributed by atoms with Crippen molar-refractivity contribution in [2.45, 2.75) is 39.5 Å². The zero-order valence-corrected chi connectivity index (χ0v) is 19.6. The normalized spacial score (nSPS) is 20.2. The summed E-state index contributed by atoms with van der Waals surface area (Å²) >= 11 is 0. The number of nitrogens with one attached hydrogen (secondary N) is 2. The highest BCUT2D eigenvalue weighted by Gasteiger charge is 2.41. The number of aromatic nitrogens is 1. The molecule has 4 rings (SSSR count). The fourth-order valence-corrected chi connectivity index (χ4v) is 4.71. The molecule has 2 atom stereocenters. The van der Waals surface area contributed by atoms with Crippen LogP contribution in [0.3, 0.4) is 0 Å². The Labute approximate surface area is 193 Å². The Morgan fingerprint density at radius 1 is 1.12 bits per heavy atom. The number of rotatable bonds is 5. The van der Waals surface area contributed by atoms with Gasteiger partial charge in [0.2, 0.25) is 0 Å². The van der Waals surface area contributed by atoms with E-state index in [-0.39, 0.29) is 17.6 Å². The number of anilines is 1. The highest BCUT2D eigenvalue weighted by Crippen LogP contribution is 2.46. The van der Waals surface area contributed by atoms with Gasteiger partial charge in [0.1, 0.15) is 17.3 Å². The van der Waals surface area contributed by atoms with Crippen LogP contribution in [0.4, 0.5) is 5.82 Å². The molecular weight excluding hydrogens is 418 g/mol. The third-order valence-electron chi connectivity index (χ3n) is 6.15. The molecule has 0 fully saturated rings. The van der Waals surface area contributed by atoms with Crippen LogP contribution in [0.2, 0.25) is 0 Å². The molecule has 0 radical (unpaired) electrons. The summed E-state index contributed by atoms with van der Waals surface area (Å²) in [7, 11) is 3.17. The number of allylic oxidation sites excluding steroid dienone is 3. The number of Topliss-reactive ketones (excluding diaryl/α,β-unsaturated/α-hetero) is 1. The highest BCUT2D eigenvalue weighted by molar-refractivity contribution is 6.09. The number of ketones is 1. The van der Waals surface area contributed by atoms with Gasteiger partial charge in [-0.15, -0.1) is 0 Å². The first-order chi connectivity index (χ1) is 15.8. The maximum Gasteiger partial charge on any atom is 0.255 e. The van der Waals surface area contributed by atoms with Crippen LogP contribution in [0.5, 0.6) is 11.5 Å². The van der Waals surface area contributed by atoms with Crippen LogP contribution >= 0.6 is 0 Å². The van der Waals surface area contributed by atoms with Crippen LogP contribution in [0.25, 0.3) is 0 Å². The number of aryl methyl sites for hydroxylation is 1. The summed E-state index contributed by atoms with van der Waals surface area (Å²) < 4.78 is 11.1. The molecule has 2 aliphatic rings. The molecule has 172 valence electrons. The van der Waals surface area contributed by atoms with E-state index in [9.17, 15) is 9.59 Å². The minimum atomic E-state index is -0.587. The Morgan fingerprint density at radius 3 is 2.61 bits per heavy atom. The first-order valence-corrected chi connectivity index (χ1v) is 11.0. The molecule has 2 heterocycles. The number of dihydropyridines is 1. The molecule has 1 aromatic carbocycles. The first kappa shape index (κ1) is 22.6. The van der Waals surface area contributed by atoms with E-state index >= 15 is 0 Å². The van der Waals surface area contributed by atoms with E-state index in [0.717, 1.165) is 23.4 Å². The molecule has 2 N–H and O–H groups in total. The predicted molar refractivity (Wildman–Crippen MR) is 126 cm³/mol. The van der Waals surface area contributed by atoms with Gasteiger partial charge in [0, 0.05) is 40.2 Å². The second-order valence-corrected chi connectivity index (χ2v) is 8.65. The van der Waals surface area contributed by atoms with Gasteiger partial charge in [-0.05, 0) is 56.5 Å². The molecule has 0 spiro atoms. The largest absolute Gasteiger partial charge is 0.497 e. The average Bonchev–Trinajstić information content (AvgIpc) is 2.77. The van der Waals surface area contributed by atoms with Gasteiger partial charge in [0.25, 0.3) is 5.91 Å². The SMILES string of the molecule is COc1ccc(OC)c([C@@H]2C(C(=O)Nc3cccc(C)n3)=C(C)NC3=C2C(=O)C[C@H](C)C3)c1. The number of hydrogen-bond acceptors (Lipinski definition) is 6. The lowest BCUT2D eigenvalue weighted by molar-refractivity contribution is -0.117. The molecule has 1 aromatic heterocycles. The van der Waals surface area contributed by atoms with Gasteiger partial charge in [-0.2, -0.15) is 0 Å². The Bertz CT molecular complexity index is 1180. The number of hydrogen-bond donors (Lipinski definition) is 2. The molecule has 7 heteroatoms. The molecule has 0 saturated heterocycles. The summed E-state index contributed by atoms with van der Waals surface area (Å²) in [6.45, 7) is 5.80. The molecule has 1 aliphatic carbocycles. The second kappa shape index (κ2) is 9.10. The molecule has 0 bridgehead atoms.